The third-order valence-electron chi connectivity index (χ3n) is 4.07. The van der Waals surface area contributed by atoms with Crippen LogP contribution in [0.2, 0.25) is 0 Å². The summed E-state index contributed by atoms with van der Waals surface area (Å²) in [5, 5.41) is 5.33. The van der Waals surface area contributed by atoms with Gasteiger partial charge in [-0.25, -0.2) is 4.98 Å². The fourth-order valence-electron chi connectivity index (χ4n) is 2.62. The van der Waals surface area contributed by atoms with Gasteiger partial charge in [0.15, 0.2) is 5.13 Å². The first-order valence-electron chi connectivity index (χ1n) is 9.43. The number of hydrogen-bond acceptors (Lipinski definition) is 5. The third kappa shape index (κ3) is 5.10. The first-order valence-corrected chi connectivity index (χ1v) is 10.3. The molecule has 0 aliphatic carbocycles. The topological polar surface area (TPSA) is 60.5 Å². The Balaban J connectivity index is 1.66. The van der Waals surface area contributed by atoms with E-state index in [4.69, 9.17) is 9.47 Å². The molecule has 1 amide bonds. The number of anilines is 1. The summed E-state index contributed by atoms with van der Waals surface area (Å²) in [6.07, 6.45) is 2.16. The molecule has 6 heteroatoms. The number of benzene rings is 2. The normalized spacial score (nSPS) is 10.5. The lowest BCUT2D eigenvalue weighted by Gasteiger charge is -2.09. The van der Waals surface area contributed by atoms with Crippen LogP contribution in [-0.2, 0) is 0 Å². The molecule has 0 spiro atoms. The van der Waals surface area contributed by atoms with E-state index in [-0.39, 0.29) is 5.91 Å². The molecule has 0 unspecified atom stereocenters. The number of carbonyl (C=O) groups excluding carboxylic acids is 1. The van der Waals surface area contributed by atoms with Gasteiger partial charge in [0.25, 0.3) is 5.91 Å². The number of nitrogens with one attached hydrogen (secondary N) is 1. The average Bonchev–Trinajstić information content (AvgIpc) is 3.18. The molecule has 28 heavy (non-hydrogen) atoms. The quantitative estimate of drug-likeness (QED) is 0.476. The molecular weight excluding hydrogens is 372 g/mol. The van der Waals surface area contributed by atoms with Crippen molar-refractivity contribution in [3.05, 3.63) is 59.5 Å². The van der Waals surface area contributed by atoms with Crippen molar-refractivity contribution in [2.75, 3.05) is 18.5 Å². The zero-order valence-electron chi connectivity index (χ0n) is 16.1. The molecule has 0 aliphatic rings. The maximum absolute atomic E-state index is 12.6. The van der Waals surface area contributed by atoms with Gasteiger partial charge in [0.1, 0.15) is 11.5 Å². The Hall–Kier alpha value is -2.86. The highest BCUT2D eigenvalue weighted by molar-refractivity contribution is 7.14. The number of rotatable bonds is 9. The summed E-state index contributed by atoms with van der Waals surface area (Å²) >= 11 is 1.39. The predicted octanol–water partition coefficient (Wildman–Crippen LogP) is 5.64. The molecule has 146 valence electrons. The molecule has 5 nitrogen and oxygen atoms in total. The number of carbonyl (C=O) groups is 1. The van der Waals surface area contributed by atoms with E-state index in [1.54, 1.807) is 12.1 Å². The molecule has 0 saturated carbocycles. The molecule has 0 aliphatic heterocycles. The number of thiazole rings is 1. The van der Waals surface area contributed by atoms with E-state index in [1.165, 1.54) is 11.3 Å². The minimum atomic E-state index is -0.232. The van der Waals surface area contributed by atoms with Crippen LogP contribution in [0.1, 0.15) is 37.0 Å². The Labute approximate surface area is 169 Å². The van der Waals surface area contributed by atoms with E-state index < -0.39 is 0 Å². The van der Waals surface area contributed by atoms with Gasteiger partial charge in [0.2, 0.25) is 0 Å². The van der Waals surface area contributed by atoms with Gasteiger partial charge in [-0.3, -0.25) is 10.1 Å². The van der Waals surface area contributed by atoms with Crippen molar-refractivity contribution in [2.24, 2.45) is 0 Å². The van der Waals surface area contributed by atoms with Crippen LogP contribution in [0.3, 0.4) is 0 Å². The molecule has 0 saturated heterocycles. The Bertz CT molecular complexity index is 906. The number of ether oxygens (including phenoxy) is 2. The largest absolute Gasteiger partial charge is 0.494 e. The standard InChI is InChI=1S/C22H24N2O3S/c1-3-5-14-27-17-12-10-16(11-13-17)19-15-28-22(23-19)24-21(25)18-8-6-7-9-20(18)26-4-2/h6-13,15H,3-5,14H2,1-2H3,(H,23,24,25). The first kappa shape index (κ1) is 19.9. The second-order valence-corrected chi connectivity index (χ2v) is 7.01. The van der Waals surface area contributed by atoms with Gasteiger partial charge < -0.3 is 9.47 Å². The van der Waals surface area contributed by atoms with Crippen LogP contribution in [0, 0.1) is 0 Å². The van der Waals surface area contributed by atoms with E-state index in [9.17, 15) is 4.79 Å². The maximum Gasteiger partial charge on any atom is 0.261 e. The molecule has 0 atom stereocenters. The Kier molecular flexibility index (Phi) is 7.03. The molecule has 1 heterocycles. The second-order valence-electron chi connectivity index (χ2n) is 6.15. The lowest BCUT2D eigenvalue weighted by Crippen LogP contribution is -2.13. The number of nitrogens with zero attached hydrogens (tertiary/aromatic N) is 1. The Morgan fingerprint density at radius 3 is 2.61 bits per heavy atom. The second kappa shape index (κ2) is 9.90. The highest BCUT2D eigenvalue weighted by Crippen LogP contribution is 2.27. The summed E-state index contributed by atoms with van der Waals surface area (Å²) in [7, 11) is 0. The summed E-state index contributed by atoms with van der Waals surface area (Å²) in [4.78, 5) is 17.1. The van der Waals surface area contributed by atoms with E-state index in [1.807, 2.05) is 48.7 Å². The lowest BCUT2D eigenvalue weighted by atomic mass is 10.2. The summed E-state index contributed by atoms with van der Waals surface area (Å²) in [5.74, 6) is 1.19. The zero-order chi connectivity index (χ0) is 19.8. The number of hydrogen-bond donors (Lipinski definition) is 1. The van der Waals surface area contributed by atoms with Gasteiger partial charge >= 0.3 is 0 Å². The Morgan fingerprint density at radius 2 is 1.86 bits per heavy atom. The van der Waals surface area contributed by atoms with Crippen LogP contribution in [0.15, 0.2) is 53.9 Å². The van der Waals surface area contributed by atoms with Gasteiger partial charge in [-0.05, 0) is 49.7 Å². The van der Waals surface area contributed by atoms with Crippen LogP contribution in [0.4, 0.5) is 5.13 Å². The van der Waals surface area contributed by atoms with Gasteiger partial charge in [0, 0.05) is 10.9 Å². The van der Waals surface area contributed by atoms with Crippen molar-refractivity contribution in [2.45, 2.75) is 26.7 Å². The van der Waals surface area contributed by atoms with Crippen LogP contribution >= 0.6 is 11.3 Å². The molecule has 0 fully saturated rings. The van der Waals surface area contributed by atoms with Crippen LogP contribution in [0.5, 0.6) is 11.5 Å². The van der Waals surface area contributed by atoms with E-state index in [2.05, 4.69) is 17.2 Å². The van der Waals surface area contributed by atoms with Gasteiger partial charge in [-0.2, -0.15) is 0 Å². The predicted molar refractivity (Wildman–Crippen MR) is 114 cm³/mol. The van der Waals surface area contributed by atoms with Crippen molar-refractivity contribution >= 4 is 22.4 Å². The fourth-order valence-corrected chi connectivity index (χ4v) is 3.33. The molecular formula is C22H24N2O3S. The van der Waals surface area contributed by atoms with Gasteiger partial charge in [-0.15, -0.1) is 11.3 Å². The fraction of sp³-hybridized carbons (Fsp3) is 0.273. The SMILES string of the molecule is CCCCOc1ccc(-c2csc(NC(=O)c3ccccc3OCC)n2)cc1. The maximum atomic E-state index is 12.6. The van der Waals surface area contributed by atoms with Crippen molar-refractivity contribution in [3.8, 4) is 22.8 Å². The molecule has 1 aromatic heterocycles. The third-order valence-corrected chi connectivity index (χ3v) is 4.83. The van der Waals surface area contributed by atoms with Crippen molar-refractivity contribution < 1.29 is 14.3 Å². The Morgan fingerprint density at radius 1 is 1.07 bits per heavy atom. The van der Waals surface area contributed by atoms with E-state index in [0.717, 1.165) is 36.5 Å². The van der Waals surface area contributed by atoms with E-state index in [0.29, 0.717) is 23.1 Å². The number of aromatic nitrogens is 1. The zero-order valence-corrected chi connectivity index (χ0v) is 16.9. The monoisotopic (exact) mass is 396 g/mol. The van der Waals surface area contributed by atoms with Crippen molar-refractivity contribution in [1.29, 1.82) is 0 Å². The molecule has 3 aromatic rings. The molecule has 0 bridgehead atoms. The summed E-state index contributed by atoms with van der Waals surface area (Å²) in [6, 6.07) is 15.0. The average molecular weight is 397 g/mol. The van der Waals surface area contributed by atoms with Crippen LogP contribution < -0.4 is 14.8 Å². The minimum Gasteiger partial charge on any atom is -0.494 e. The minimum absolute atomic E-state index is 0.232. The first-order chi connectivity index (χ1) is 13.7. The number of para-hydroxylation sites is 1. The molecule has 0 radical (unpaired) electrons. The van der Waals surface area contributed by atoms with Crippen LogP contribution in [-0.4, -0.2) is 24.1 Å². The molecule has 2 aromatic carbocycles. The van der Waals surface area contributed by atoms with Crippen LogP contribution in [0.25, 0.3) is 11.3 Å². The lowest BCUT2D eigenvalue weighted by molar-refractivity contribution is 0.102. The van der Waals surface area contributed by atoms with Crippen molar-refractivity contribution in [3.63, 3.8) is 0 Å². The highest BCUT2D eigenvalue weighted by Gasteiger charge is 2.14. The van der Waals surface area contributed by atoms with E-state index >= 15 is 0 Å². The summed E-state index contributed by atoms with van der Waals surface area (Å²) < 4.78 is 11.2. The molecule has 1 N–H and O–H groups in total. The summed E-state index contributed by atoms with van der Waals surface area (Å²) in [5.41, 5.74) is 2.29. The molecule has 3 rings (SSSR count). The van der Waals surface area contributed by atoms with Crippen molar-refractivity contribution in [1.82, 2.24) is 4.98 Å². The number of amides is 1. The van der Waals surface area contributed by atoms with Gasteiger partial charge in [-0.1, -0.05) is 25.5 Å². The summed E-state index contributed by atoms with van der Waals surface area (Å²) in [6.45, 7) is 5.26. The smallest absolute Gasteiger partial charge is 0.261 e. The van der Waals surface area contributed by atoms with Gasteiger partial charge in [0.05, 0.1) is 24.5 Å². The highest BCUT2D eigenvalue weighted by atomic mass is 32.1. The number of unbranched alkanes of at least 4 members (excludes halogenated alkanes) is 1.